The molecule has 4 rings (SSSR count). The van der Waals surface area contributed by atoms with Crippen molar-refractivity contribution in [2.75, 3.05) is 11.9 Å². The standard InChI is InChI=1S/C25H28N2O4/c1-24(2)20-13-14-25(24,3)23(30)27(22(20)29)15-21(28)26-18-9-11-19(12-10-18)31-16-17-7-5-4-6-8-17/h4-12,20H,13-16H2,1-3H3,(H,26,28). The van der Waals surface area contributed by atoms with Crippen LogP contribution < -0.4 is 10.1 Å². The lowest BCUT2D eigenvalue weighted by molar-refractivity contribution is -0.168. The first-order valence-electron chi connectivity index (χ1n) is 10.6. The molecule has 1 aliphatic carbocycles. The fourth-order valence-electron chi connectivity index (χ4n) is 4.77. The monoisotopic (exact) mass is 420 g/mol. The largest absolute Gasteiger partial charge is 0.489 e. The molecule has 162 valence electrons. The number of fused-ring (bicyclic) bond motifs is 2. The van der Waals surface area contributed by atoms with E-state index >= 15 is 0 Å². The number of imide groups is 1. The smallest absolute Gasteiger partial charge is 0.244 e. The molecule has 1 heterocycles. The minimum atomic E-state index is -0.608. The highest BCUT2D eigenvalue weighted by molar-refractivity contribution is 6.07. The average molecular weight is 421 g/mol. The lowest BCUT2D eigenvalue weighted by Crippen LogP contribution is -2.60. The molecule has 2 bridgehead atoms. The zero-order valence-corrected chi connectivity index (χ0v) is 18.2. The summed E-state index contributed by atoms with van der Waals surface area (Å²) in [6.45, 7) is 6.09. The molecule has 2 fully saturated rings. The maximum absolute atomic E-state index is 13.1. The van der Waals surface area contributed by atoms with Gasteiger partial charge in [-0.3, -0.25) is 19.3 Å². The van der Waals surface area contributed by atoms with Gasteiger partial charge < -0.3 is 10.1 Å². The van der Waals surface area contributed by atoms with Crippen LogP contribution in [0.5, 0.6) is 5.75 Å². The molecule has 6 heteroatoms. The average Bonchev–Trinajstić information content (AvgIpc) is 2.95. The molecular formula is C25H28N2O4. The van der Waals surface area contributed by atoms with Crippen LogP contribution in [-0.4, -0.2) is 29.2 Å². The molecule has 2 aromatic carbocycles. The van der Waals surface area contributed by atoms with Crippen LogP contribution in [-0.2, 0) is 21.0 Å². The van der Waals surface area contributed by atoms with Crippen LogP contribution in [0.1, 0.15) is 39.2 Å². The van der Waals surface area contributed by atoms with Gasteiger partial charge in [0.25, 0.3) is 0 Å². The van der Waals surface area contributed by atoms with Crippen molar-refractivity contribution in [2.45, 2.75) is 40.2 Å². The molecule has 2 unspecified atom stereocenters. The number of rotatable bonds is 6. The Bertz CT molecular complexity index is 1000. The number of hydrogen-bond acceptors (Lipinski definition) is 4. The van der Waals surface area contributed by atoms with E-state index in [4.69, 9.17) is 4.74 Å². The summed E-state index contributed by atoms with van der Waals surface area (Å²) >= 11 is 0. The molecule has 3 amide bonds. The number of carbonyl (C=O) groups excluding carboxylic acids is 3. The zero-order chi connectivity index (χ0) is 22.2. The van der Waals surface area contributed by atoms with E-state index in [9.17, 15) is 14.4 Å². The Morgan fingerprint density at radius 1 is 1.06 bits per heavy atom. The molecule has 2 aliphatic rings. The third kappa shape index (κ3) is 3.71. The van der Waals surface area contributed by atoms with E-state index in [2.05, 4.69) is 5.32 Å². The van der Waals surface area contributed by atoms with Gasteiger partial charge in [-0.05, 0) is 48.1 Å². The summed E-state index contributed by atoms with van der Waals surface area (Å²) in [5.41, 5.74) is 0.665. The van der Waals surface area contributed by atoms with E-state index in [1.165, 1.54) is 0 Å². The van der Waals surface area contributed by atoms with Gasteiger partial charge in [0.15, 0.2) is 0 Å². The highest BCUT2D eigenvalue weighted by Crippen LogP contribution is 2.59. The maximum atomic E-state index is 13.1. The number of amides is 3. The van der Waals surface area contributed by atoms with Crippen molar-refractivity contribution in [1.29, 1.82) is 0 Å². The van der Waals surface area contributed by atoms with Crippen LogP contribution in [0.15, 0.2) is 54.6 Å². The van der Waals surface area contributed by atoms with Crippen LogP contribution >= 0.6 is 0 Å². The number of piperidine rings is 1. The second-order valence-corrected chi connectivity index (χ2v) is 9.22. The Hall–Kier alpha value is -3.15. The van der Waals surface area contributed by atoms with Crippen LogP contribution in [0.3, 0.4) is 0 Å². The Labute approximate surface area is 182 Å². The third-order valence-electron chi connectivity index (χ3n) is 7.20. The molecule has 1 saturated heterocycles. The molecule has 1 aliphatic heterocycles. The molecule has 31 heavy (non-hydrogen) atoms. The normalized spacial score (nSPS) is 24.2. The number of anilines is 1. The van der Waals surface area contributed by atoms with Gasteiger partial charge in [-0.25, -0.2) is 0 Å². The number of likely N-dealkylation sites (tertiary alicyclic amines) is 1. The molecule has 1 N–H and O–H groups in total. The predicted molar refractivity (Wildman–Crippen MR) is 117 cm³/mol. The van der Waals surface area contributed by atoms with Crippen molar-refractivity contribution < 1.29 is 19.1 Å². The Balaban J connectivity index is 1.36. The van der Waals surface area contributed by atoms with E-state index in [0.29, 0.717) is 30.9 Å². The highest BCUT2D eigenvalue weighted by Gasteiger charge is 2.64. The Kier molecular flexibility index (Phi) is 5.33. The number of nitrogens with zero attached hydrogens (tertiary/aromatic N) is 1. The van der Waals surface area contributed by atoms with Gasteiger partial charge in [-0.1, -0.05) is 51.1 Å². The number of hydrogen-bond donors (Lipinski definition) is 1. The van der Waals surface area contributed by atoms with Crippen LogP contribution in [0.25, 0.3) is 0 Å². The highest BCUT2D eigenvalue weighted by atomic mass is 16.5. The van der Waals surface area contributed by atoms with Crippen molar-refractivity contribution in [1.82, 2.24) is 4.90 Å². The van der Waals surface area contributed by atoms with Gasteiger partial charge in [0.05, 0.1) is 5.41 Å². The fourth-order valence-corrected chi connectivity index (χ4v) is 4.77. The zero-order valence-electron chi connectivity index (χ0n) is 18.2. The van der Waals surface area contributed by atoms with E-state index in [0.717, 1.165) is 10.5 Å². The third-order valence-corrected chi connectivity index (χ3v) is 7.20. The number of benzene rings is 2. The van der Waals surface area contributed by atoms with E-state index in [1.807, 2.05) is 51.1 Å². The second kappa shape index (κ2) is 7.84. The van der Waals surface area contributed by atoms with Gasteiger partial charge in [-0.15, -0.1) is 0 Å². The van der Waals surface area contributed by atoms with Gasteiger partial charge in [0.1, 0.15) is 18.9 Å². The maximum Gasteiger partial charge on any atom is 0.244 e. The van der Waals surface area contributed by atoms with Crippen molar-refractivity contribution in [3.05, 3.63) is 60.2 Å². The Morgan fingerprint density at radius 2 is 1.74 bits per heavy atom. The quantitative estimate of drug-likeness (QED) is 0.717. The predicted octanol–water partition coefficient (Wildman–Crippen LogP) is 4.02. The number of ether oxygens (including phenoxy) is 1. The van der Waals surface area contributed by atoms with E-state index < -0.39 is 5.41 Å². The lowest BCUT2D eigenvalue weighted by Gasteiger charge is -2.47. The minimum Gasteiger partial charge on any atom is -0.489 e. The first kappa shape index (κ1) is 21.1. The summed E-state index contributed by atoms with van der Waals surface area (Å²) in [6.07, 6.45) is 1.37. The molecule has 1 saturated carbocycles. The van der Waals surface area contributed by atoms with Crippen molar-refractivity contribution in [3.8, 4) is 5.75 Å². The van der Waals surface area contributed by atoms with Gasteiger partial charge >= 0.3 is 0 Å². The van der Waals surface area contributed by atoms with Crippen molar-refractivity contribution >= 4 is 23.4 Å². The molecule has 0 radical (unpaired) electrons. The first-order chi connectivity index (χ1) is 14.7. The summed E-state index contributed by atoms with van der Waals surface area (Å²) in [4.78, 5) is 39.7. The summed E-state index contributed by atoms with van der Waals surface area (Å²) < 4.78 is 5.75. The fraction of sp³-hybridized carbons (Fsp3) is 0.400. The molecular weight excluding hydrogens is 392 g/mol. The molecule has 2 aromatic rings. The summed E-state index contributed by atoms with van der Waals surface area (Å²) in [5, 5.41) is 2.77. The van der Waals surface area contributed by atoms with Crippen LogP contribution in [0.2, 0.25) is 0 Å². The molecule has 2 atom stereocenters. The van der Waals surface area contributed by atoms with E-state index in [1.54, 1.807) is 24.3 Å². The number of carbonyl (C=O) groups is 3. The van der Waals surface area contributed by atoms with Gasteiger partial charge in [-0.2, -0.15) is 0 Å². The van der Waals surface area contributed by atoms with Gasteiger partial charge in [0.2, 0.25) is 17.7 Å². The molecule has 0 spiro atoms. The molecule has 0 aromatic heterocycles. The summed E-state index contributed by atoms with van der Waals surface area (Å²) in [5.74, 6) is -0.387. The SMILES string of the molecule is CC12CCC(C(=O)N(CC(=O)Nc3ccc(OCc4ccccc4)cc3)C1=O)C2(C)C. The second-order valence-electron chi connectivity index (χ2n) is 9.22. The molecule has 6 nitrogen and oxygen atoms in total. The summed E-state index contributed by atoms with van der Waals surface area (Å²) in [7, 11) is 0. The Morgan fingerprint density at radius 3 is 2.42 bits per heavy atom. The number of nitrogens with one attached hydrogen (secondary N) is 1. The van der Waals surface area contributed by atoms with Crippen molar-refractivity contribution in [3.63, 3.8) is 0 Å². The minimum absolute atomic E-state index is 0.218. The van der Waals surface area contributed by atoms with Gasteiger partial charge in [0, 0.05) is 11.6 Å². The topological polar surface area (TPSA) is 75.7 Å². The first-order valence-corrected chi connectivity index (χ1v) is 10.6. The summed E-state index contributed by atoms with van der Waals surface area (Å²) in [6, 6.07) is 16.9. The van der Waals surface area contributed by atoms with E-state index in [-0.39, 0.29) is 35.6 Å². The van der Waals surface area contributed by atoms with Crippen LogP contribution in [0, 0.1) is 16.7 Å². The lowest BCUT2D eigenvalue weighted by atomic mass is 9.62. The van der Waals surface area contributed by atoms with Crippen LogP contribution in [0.4, 0.5) is 5.69 Å². The van der Waals surface area contributed by atoms with Crippen molar-refractivity contribution in [2.24, 2.45) is 16.7 Å².